The van der Waals surface area contributed by atoms with Crippen molar-refractivity contribution in [2.75, 3.05) is 13.1 Å². The van der Waals surface area contributed by atoms with Gasteiger partial charge in [0.25, 0.3) is 0 Å². The van der Waals surface area contributed by atoms with Gasteiger partial charge in [-0.15, -0.1) is 0 Å². The molecule has 0 aromatic rings. The Morgan fingerprint density at radius 1 is 0.800 bits per heavy atom. The fraction of sp³-hybridized carbons (Fsp3) is 0.905. The Balaban J connectivity index is 1.92. The van der Waals surface area contributed by atoms with Crippen molar-refractivity contribution in [2.45, 2.75) is 110 Å². The molecule has 146 valence electrons. The molecule has 0 aliphatic carbocycles. The van der Waals surface area contributed by atoms with Crippen LogP contribution in [0.15, 0.2) is 0 Å². The summed E-state index contributed by atoms with van der Waals surface area (Å²) in [7, 11) is 0. The quantitative estimate of drug-likeness (QED) is 0.340. The highest BCUT2D eigenvalue weighted by Gasteiger charge is 2.14. The Bertz CT molecular complexity index is 352. The molecule has 0 atom stereocenters. The second-order valence-corrected chi connectivity index (χ2v) is 7.93. The first-order valence-corrected chi connectivity index (χ1v) is 11.2. The maximum absolute atomic E-state index is 12.0. The van der Waals surface area contributed by atoms with Gasteiger partial charge in [0.1, 0.15) is 0 Å². The molecule has 0 aromatic heterocycles. The zero-order valence-corrected chi connectivity index (χ0v) is 17.3. The lowest BCUT2D eigenvalue weighted by Crippen LogP contribution is -2.43. The second-order valence-electron chi connectivity index (χ2n) is 7.54. The average molecular weight is 369 g/mol. The third kappa shape index (κ3) is 12.4. The van der Waals surface area contributed by atoms with Gasteiger partial charge in [-0.1, -0.05) is 84.0 Å². The van der Waals surface area contributed by atoms with E-state index < -0.39 is 0 Å². The molecule has 1 N–H and O–H groups in total. The number of nitrogens with zero attached hydrogens (tertiary/aromatic N) is 1. The second kappa shape index (κ2) is 15.6. The molecule has 1 saturated heterocycles. The van der Waals surface area contributed by atoms with Gasteiger partial charge in [0, 0.05) is 19.5 Å². The third-order valence-electron chi connectivity index (χ3n) is 5.15. The van der Waals surface area contributed by atoms with Gasteiger partial charge in [0.05, 0.1) is 0 Å². The van der Waals surface area contributed by atoms with Crippen LogP contribution in [0.2, 0.25) is 0 Å². The fourth-order valence-corrected chi connectivity index (χ4v) is 3.78. The van der Waals surface area contributed by atoms with Crippen molar-refractivity contribution < 1.29 is 4.79 Å². The van der Waals surface area contributed by atoms with E-state index in [9.17, 15) is 4.79 Å². The first-order chi connectivity index (χ1) is 12.2. The minimum absolute atomic E-state index is 0.102. The normalized spacial score (nSPS) is 15.0. The molecule has 1 aliphatic heterocycles. The molecule has 1 fully saturated rings. The Morgan fingerprint density at radius 3 is 1.80 bits per heavy atom. The minimum Gasteiger partial charge on any atom is -0.349 e. The molecule has 3 nitrogen and oxygen atoms in total. The van der Waals surface area contributed by atoms with Crippen LogP contribution < -0.4 is 5.32 Å². The largest absolute Gasteiger partial charge is 0.349 e. The van der Waals surface area contributed by atoms with Gasteiger partial charge >= 0.3 is 0 Å². The van der Waals surface area contributed by atoms with Crippen molar-refractivity contribution in [3.05, 3.63) is 0 Å². The lowest BCUT2D eigenvalue weighted by Gasteiger charge is -2.23. The molecule has 1 heterocycles. The molecule has 1 rings (SSSR count). The van der Waals surface area contributed by atoms with Crippen LogP contribution in [0.3, 0.4) is 0 Å². The molecular formula is C21H40N2OS. The predicted molar refractivity (Wildman–Crippen MR) is 112 cm³/mol. The van der Waals surface area contributed by atoms with Crippen LogP contribution in [0.5, 0.6) is 0 Å². The first-order valence-electron chi connectivity index (χ1n) is 10.8. The number of carbonyl (C=O) groups excluding carboxylic acids is 1. The summed E-state index contributed by atoms with van der Waals surface area (Å²) in [6, 6.07) is 0. The van der Waals surface area contributed by atoms with E-state index in [0.717, 1.165) is 19.5 Å². The number of likely N-dealkylation sites (tertiary alicyclic amines) is 1. The molecule has 0 bridgehead atoms. The molecule has 0 spiro atoms. The van der Waals surface area contributed by atoms with E-state index in [1.807, 2.05) is 0 Å². The number of unbranched alkanes of at least 4 members (excludes halogenated alkanes) is 10. The SMILES string of the molecule is CCCCCCCCCCCCCC(=O)NC(=S)N1CCCCCC1. The number of hydrogen-bond acceptors (Lipinski definition) is 2. The van der Waals surface area contributed by atoms with E-state index in [2.05, 4.69) is 17.1 Å². The molecule has 0 saturated carbocycles. The van der Waals surface area contributed by atoms with E-state index in [4.69, 9.17) is 12.2 Å². The van der Waals surface area contributed by atoms with Crippen LogP contribution in [0.25, 0.3) is 0 Å². The summed E-state index contributed by atoms with van der Waals surface area (Å²) in [4.78, 5) is 14.2. The highest BCUT2D eigenvalue weighted by atomic mass is 32.1. The van der Waals surface area contributed by atoms with E-state index in [-0.39, 0.29) is 5.91 Å². The van der Waals surface area contributed by atoms with Crippen LogP contribution >= 0.6 is 12.2 Å². The van der Waals surface area contributed by atoms with Crippen molar-refractivity contribution in [2.24, 2.45) is 0 Å². The van der Waals surface area contributed by atoms with Crippen molar-refractivity contribution in [1.29, 1.82) is 0 Å². The van der Waals surface area contributed by atoms with Gasteiger partial charge in [-0.25, -0.2) is 0 Å². The van der Waals surface area contributed by atoms with Crippen molar-refractivity contribution in [1.82, 2.24) is 10.2 Å². The minimum atomic E-state index is 0.102. The molecular weight excluding hydrogens is 328 g/mol. The number of hydrogen-bond donors (Lipinski definition) is 1. The van der Waals surface area contributed by atoms with Gasteiger partial charge in [0.2, 0.25) is 5.91 Å². The summed E-state index contributed by atoms with van der Waals surface area (Å²) in [5.41, 5.74) is 0. The Labute approximate surface area is 161 Å². The average Bonchev–Trinajstić information content (AvgIpc) is 2.89. The molecule has 0 radical (unpaired) electrons. The van der Waals surface area contributed by atoms with Gasteiger partial charge in [-0.2, -0.15) is 0 Å². The Morgan fingerprint density at radius 2 is 1.28 bits per heavy atom. The smallest absolute Gasteiger partial charge is 0.226 e. The van der Waals surface area contributed by atoms with E-state index >= 15 is 0 Å². The first kappa shape index (κ1) is 22.4. The molecule has 1 amide bonds. The summed E-state index contributed by atoms with van der Waals surface area (Å²) in [6.45, 7) is 4.26. The highest BCUT2D eigenvalue weighted by molar-refractivity contribution is 7.80. The third-order valence-corrected chi connectivity index (χ3v) is 5.51. The summed E-state index contributed by atoms with van der Waals surface area (Å²) in [6.07, 6.45) is 20.0. The van der Waals surface area contributed by atoms with Crippen molar-refractivity contribution >= 4 is 23.2 Å². The lowest BCUT2D eigenvalue weighted by molar-refractivity contribution is -0.119. The standard InChI is InChI=1S/C21H40N2OS/c1-2-3-4-5-6-7-8-9-10-11-14-17-20(24)22-21(25)23-18-15-12-13-16-19-23/h2-19H2,1H3,(H,22,24,25). The lowest BCUT2D eigenvalue weighted by atomic mass is 10.1. The van der Waals surface area contributed by atoms with Crippen LogP contribution in [0, 0.1) is 0 Å². The molecule has 0 aromatic carbocycles. The highest BCUT2D eigenvalue weighted by Crippen LogP contribution is 2.12. The van der Waals surface area contributed by atoms with Crippen LogP contribution in [-0.2, 0) is 4.79 Å². The van der Waals surface area contributed by atoms with Gasteiger partial charge in [-0.05, 0) is 31.5 Å². The van der Waals surface area contributed by atoms with Crippen molar-refractivity contribution in [3.8, 4) is 0 Å². The predicted octanol–water partition coefficient (Wildman–Crippen LogP) is 5.96. The summed E-state index contributed by atoms with van der Waals surface area (Å²) >= 11 is 5.39. The summed E-state index contributed by atoms with van der Waals surface area (Å²) < 4.78 is 0. The molecule has 4 heteroatoms. The molecule has 0 unspecified atom stereocenters. The number of nitrogens with one attached hydrogen (secondary N) is 1. The molecule has 1 aliphatic rings. The number of carbonyl (C=O) groups is 1. The zero-order valence-electron chi connectivity index (χ0n) is 16.5. The Kier molecular flexibility index (Phi) is 14.0. The van der Waals surface area contributed by atoms with Crippen LogP contribution in [-0.4, -0.2) is 29.0 Å². The number of rotatable bonds is 12. The van der Waals surface area contributed by atoms with Crippen LogP contribution in [0.1, 0.15) is 110 Å². The zero-order chi connectivity index (χ0) is 18.2. The van der Waals surface area contributed by atoms with Gasteiger partial charge in [0.15, 0.2) is 5.11 Å². The van der Waals surface area contributed by atoms with Gasteiger partial charge < -0.3 is 10.2 Å². The summed E-state index contributed by atoms with van der Waals surface area (Å²) in [5, 5.41) is 3.58. The Hall–Kier alpha value is -0.640. The van der Waals surface area contributed by atoms with Crippen LogP contribution in [0.4, 0.5) is 0 Å². The summed E-state index contributed by atoms with van der Waals surface area (Å²) in [5.74, 6) is 0.102. The fourth-order valence-electron chi connectivity index (χ4n) is 3.48. The topological polar surface area (TPSA) is 32.3 Å². The maximum Gasteiger partial charge on any atom is 0.226 e. The monoisotopic (exact) mass is 368 g/mol. The van der Waals surface area contributed by atoms with E-state index in [1.165, 1.54) is 89.9 Å². The maximum atomic E-state index is 12.0. The van der Waals surface area contributed by atoms with Gasteiger partial charge in [-0.3, -0.25) is 4.79 Å². The number of thiocarbonyl (C=S) groups is 1. The molecule has 25 heavy (non-hydrogen) atoms. The van der Waals surface area contributed by atoms with Crippen molar-refractivity contribution in [3.63, 3.8) is 0 Å². The number of amides is 1. The van der Waals surface area contributed by atoms with E-state index in [0.29, 0.717) is 11.5 Å². The van der Waals surface area contributed by atoms with E-state index in [1.54, 1.807) is 0 Å².